The average molecular weight is 263 g/mol. The number of nitrogens with two attached hydrogens (primary N) is 1. The highest BCUT2D eigenvalue weighted by atomic mass is 16.4. The van der Waals surface area contributed by atoms with Crippen molar-refractivity contribution >= 4 is 11.5 Å². The van der Waals surface area contributed by atoms with E-state index in [0.29, 0.717) is 18.2 Å². The van der Waals surface area contributed by atoms with Crippen LogP contribution in [0.5, 0.6) is 0 Å². The molecule has 1 aliphatic carbocycles. The molecule has 1 saturated carbocycles. The molecule has 1 fully saturated rings. The maximum atomic E-state index is 9.29. The molecule has 0 aliphatic heterocycles. The van der Waals surface area contributed by atoms with Gasteiger partial charge < -0.3 is 20.9 Å². The molecule has 1 aliphatic rings. The summed E-state index contributed by atoms with van der Waals surface area (Å²) in [6.45, 7) is 0.668. The summed E-state index contributed by atoms with van der Waals surface area (Å²) < 4.78 is 0. The van der Waals surface area contributed by atoms with E-state index in [-0.39, 0.29) is 12.4 Å². The molecule has 2 rings (SSSR count). The number of aliphatic hydroxyl groups is 1. The second kappa shape index (κ2) is 6.43. The van der Waals surface area contributed by atoms with Gasteiger partial charge in [-0.3, -0.25) is 0 Å². The number of amidine groups is 1. The number of aliphatic hydroxyl groups excluding tert-OH is 1. The molecule has 0 bridgehead atoms. The first-order valence-electron chi connectivity index (χ1n) is 6.72. The van der Waals surface area contributed by atoms with Gasteiger partial charge in [0.1, 0.15) is 0 Å². The van der Waals surface area contributed by atoms with Crippen LogP contribution < -0.4 is 10.6 Å². The zero-order valence-corrected chi connectivity index (χ0v) is 11.0. The minimum atomic E-state index is 0.0982. The van der Waals surface area contributed by atoms with E-state index in [1.165, 1.54) is 12.8 Å². The van der Waals surface area contributed by atoms with Gasteiger partial charge in [-0.2, -0.15) is 0 Å². The van der Waals surface area contributed by atoms with Crippen LogP contribution in [0, 0.1) is 0 Å². The maximum absolute atomic E-state index is 9.29. The fourth-order valence-corrected chi connectivity index (χ4v) is 2.82. The Bertz CT molecular complexity index is 442. The first-order chi connectivity index (χ1) is 9.27. The molecule has 104 valence electrons. The molecular weight excluding hydrogens is 242 g/mol. The summed E-state index contributed by atoms with van der Waals surface area (Å²) in [5.74, 6) is 0.108. The standard InChI is InChI=1S/C14H21N3O2/c15-14(16-19)12-7-3-4-8-13(12)17(9-10-18)11-5-1-2-6-11/h3-4,7-8,11,18-19H,1-2,5-6,9-10H2,(H2,15,16). The number of benzene rings is 1. The largest absolute Gasteiger partial charge is 0.409 e. The van der Waals surface area contributed by atoms with Gasteiger partial charge in [0.05, 0.1) is 6.61 Å². The van der Waals surface area contributed by atoms with Gasteiger partial charge in [-0.15, -0.1) is 0 Å². The molecule has 0 amide bonds. The van der Waals surface area contributed by atoms with E-state index in [2.05, 4.69) is 10.1 Å². The smallest absolute Gasteiger partial charge is 0.172 e. The summed E-state index contributed by atoms with van der Waals surface area (Å²) in [7, 11) is 0. The molecule has 0 spiro atoms. The zero-order valence-electron chi connectivity index (χ0n) is 11.0. The highest BCUT2D eigenvalue weighted by molar-refractivity contribution is 6.02. The van der Waals surface area contributed by atoms with Crippen LogP contribution in [-0.2, 0) is 0 Å². The number of anilines is 1. The number of hydrogen-bond acceptors (Lipinski definition) is 4. The van der Waals surface area contributed by atoms with Crippen LogP contribution >= 0.6 is 0 Å². The fourth-order valence-electron chi connectivity index (χ4n) is 2.82. The maximum Gasteiger partial charge on any atom is 0.172 e. The van der Waals surface area contributed by atoms with Gasteiger partial charge in [-0.1, -0.05) is 30.1 Å². The van der Waals surface area contributed by atoms with Gasteiger partial charge in [0.15, 0.2) is 5.84 Å². The Balaban J connectivity index is 2.35. The van der Waals surface area contributed by atoms with E-state index in [1.807, 2.05) is 24.3 Å². The van der Waals surface area contributed by atoms with Gasteiger partial charge in [-0.05, 0) is 25.0 Å². The van der Waals surface area contributed by atoms with Crippen LogP contribution in [0.3, 0.4) is 0 Å². The molecule has 5 heteroatoms. The molecular formula is C14H21N3O2. The van der Waals surface area contributed by atoms with Gasteiger partial charge in [0.25, 0.3) is 0 Å². The lowest BCUT2D eigenvalue weighted by atomic mass is 10.1. The number of hydrogen-bond donors (Lipinski definition) is 3. The number of nitrogens with zero attached hydrogens (tertiary/aromatic N) is 2. The molecule has 1 aromatic rings. The highest BCUT2D eigenvalue weighted by Crippen LogP contribution is 2.30. The predicted octanol–water partition coefficient (Wildman–Crippen LogP) is 1.52. The molecule has 19 heavy (non-hydrogen) atoms. The Hall–Kier alpha value is -1.75. The third kappa shape index (κ3) is 2.98. The van der Waals surface area contributed by atoms with E-state index < -0.39 is 0 Å². The van der Waals surface area contributed by atoms with Crippen molar-refractivity contribution in [2.75, 3.05) is 18.1 Å². The predicted molar refractivity (Wildman–Crippen MR) is 75.6 cm³/mol. The summed E-state index contributed by atoms with van der Waals surface area (Å²) in [6, 6.07) is 8.02. The van der Waals surface area contributed by atoms with Crippen molar-refractivity contribution in [3.63, 3.8) is 0 Å². The Morgan fingerprint density at radius 2 is 2.00 bits per heavy atom. The summed E-state index contributed by atoms with van der Waals surface area (Å²) in [4.78, 5) is 2.18. The van der Waals surface area contributed by atoms with Crippen LogP contribution in [0.2, 0.25) is 0 Å². The molecule has 4 N–H and O–H groups in total. The molecule has 1 aromatic carbocycles. The van der Waals surface area contributed by atoms with Crippen LogP contribution in [0.1, 0.15) is 31.2 Å². The average Bonchev–Trinajstić information content (AvgIpc) is 2.98. The molecule has 0 aromatic heterocycles. The molecule has 0 atom stereocenters. The van der Waals surface area contributed by atoms with Crippen LogP contribution in [0.25, 0.3) is 0 Å². The first kappa shape index (κ1) is 13.7. The molecule has 0 saturated heterocycles. The Kier molecular flexibility index (Phi) is 4.63. The van der Waals surface area contributed by atoms with Crippen molar-refractivity contribution < 1.29 is 10.3 Å². The number of para-hydroxylation sites is 1. The van der Waals surface area contributed by atoms with Gasteiger partial charge in [0.2, 0.25) is 0 Å². The van der Waals surface area contributed by atoms with Crippen molar-refractivity contribution in [3.05, 3.63) is 29.8 Å². The Morgan fingerprint density at radius 1 is 1.32 bits per heavy atom. The third-order valence-corrected chi connectivity index (χ3v) is 3.70. The lowest BCUT2D eigenvalue weighted by Gasteiger charge is -2.32. The quantitative estimate of drug-likeness (QED) is 0.325. The van der Waals surface area contributed by atoms with E-state index in [1.54, 1.807) is 0 Å². The summed E-state index contributed by atoms with van der Waals surface area (Å²) in [5.41, 5.74) is 7.38. The van der Waals surface area contributed by atoms with E-state index >= 15 is 0 Å². The molecule has 0 heterocycles. The van der Waals surface area contributed by atoms with Crippen molar-refractivity contribution in [1.82, 2.24) is 0 Å². The second-order valence-corrected chi connectivity index (χ2v) is 4.86. The lowest BCUT2D eigenvalue weighted by Crippen LogP contribution is -2.37. The normalized spacial score (nSPS) is 16.8. The minimum Gasteiger partial charge on any atom is -0.409 e. The number of rotatable bonds is 5. The van der Waals surface area contributed by atoms with Gasteiger partial charge in [0, 0.05) is 23.8 Å². The summed E-state index contributed by atoms with van der Waals surface area (Å²) in [5, 5.41) is 21.3. The third-order valence-electron chi connectivity index (χ3n) is 3.70. The van der Waals surface area contributed by atoms with Crippen molar-refractivity contribution in [3.8, 4) is 0 Å². The highest BCUT2D eigenvalue weighted by Gasteiger charge is 2.24. The van der Waals surface area contributed by atoms with Gasteiger partial charge in [-0.25, -0.2) is 0 Å². The Labute approximate surface area is 113 Å². The van der Waals surface area contributed by atoms with Crippen molar-refractivity contribution in [1.29, 1.82) is 0 Å². The fraction of sp³-hybridized carbons (Fsp3) is 0.500. The monoisotopic (exact) mass is 263 g/mol. The van der Waals surface area contributed by atoms with Crippen molar-refractivity contribution in [2.24, 2.45) is 10.9 Å². The number of oxime groups is 1. The molecule has 0 radical (unpaired) electrons. The lowest BCUT2D eigenvalue weighted by molar-refractivity contribution is 0.297. The van der Waals surface area contributed by atoms with E-state index in [0.717, 1.165) is 18.5 Å². The van der Waals surface area contributed by atoms with E-state index in [4.69, 9.17) is 10.9 Å². The topological polar surface area (TPSA) is 82.1 Å². The van der Waals surface area contributed by atoms with Crippen LogP contribution in [-0.4, -0.2) is 35.3 Å². The van der Waals surface area contributed by atoms with Crippen LogP contribution in [0.15, 0.2) is 29.4 Å². The van der Waals surface area contributed by atoms with Crippen molar-refractivity contribution in [2.45, 2.75) is 31.7 Å². The molecule has 5 nitrogen and oxygen atoms in total. The molecule has 0 unspecified atom stereocenters. The van der Waals surface area contributed by atoms with Crippen LogP contribution in [0.4, 0.5) is 5.69 Å². The minimum absolute atomic E-state index is 0.0982. The zero-order chi connectivity index (χ0) is 13.7. The second-order valence-electron chi connectivity index (χ2n) is 4.86. The Morgan fingerprint density at radius 3 is 2.63 bits per heavy atom. The summed E-state index contributed by atoms with van der Waals surface area (Å²) >= 11 is 0. The first-order valence-corrected chi connectivity index (χ1v) is 6.72. The summed E-state index contributed by atoms with van der Waals surface area (Å²) in [6.07, 6.45) is 4.70. The SMILES string of the molecule is NC(=NO)c1ccccc1N(CCO)C1CCCC1. The van der Waals surface area contributed by atoms with Gasteiger partial charge >= 0.3 is 0 Å². The van der Waals surface area contributed by atoms with E-state index in [9.17, 15) is 5.11 Å².